The summed E-state index contributed by atoms with van der Waals surface area (Å²) in [7, 11) is 0. The van der Waals surface area contributed by atoms with Crippen molar-refractivity contribution in [2.24, 2.45) is 0 Å². The number of fused-ring (bicyclic) bond motifs is 1. The van der Waals surface area contributed by atoms with Crippen LogP contribution in [0.5, 0.6) is 0 Å². The monoisotopic (exact) mass is 366 g/mol. The van der Waals surface area contributed by atoms with Gasteiger partial charge in [0.15, 0.2) is 0 Å². The van der Waals surface area contributed by atoms with Gasteiger partial charge in [0.25, 0.3) is 0 Å². The molecule has 142 valence electrons. The maximum atomic E-state index is 12.9. The molecule has 1 amide bonds. The Morgan fingerprint density at radius 2 is 2.04 bits per heavy atom. The Hall–Kier alpha value is -2.44. The average Bonchev–Trinajstić information content (AvgIpc) is 2.70. The van der Waals surface area contributed by atoms with Gasteiger partial charge < -0.3 is 15.4 Å². The minimum Gasteiger partial charge on any atom is -0.383 e. The summed E-state index contributed by atoms with van der Waals surface area (Å²) in [5.74, 6) is 0.755. The van der Waals surface area contributed by atoms with Crippen LogP contribution >= 0.6 is 0 Å². The smallest absolute Gasteiger partial charge is 0.224 e. The van der Waals surface area contributed by atoms with Gasteiger partial charge in [0, 0.05) is 50.4 Å². The molecule has 0 bridgehead atoms. The lowest BCUT2D eigenvalue weighted by atomic mass is 9.99. The van der Waals surface area contributed by atoms with Crippen LogP contribution in [0.4, 0.5) is 5.82 Å². The molecule has 6 nitrogen and oxygen atoms in total. The summed E-state index contributed by atoms with van der Waals surface area (Å²) in [5, 5.41) is 0. The van der Waals surface area contributed by atoms with E-state index in [0.717, 1.165) is 25.1 Å². The molecule has 2 aliphatic rings. The second-order valence-corrected chi connectivity index (χ2v) is 7.29. The molecule has 0 aliphatic carbocycles. The van der Waals surface area contributed by atoms with Crippen LogP contribution in [0.15, 0.2) is 42.6 Å². The summed E-state index contributed by atoms with van der Waals surface area (Å²) in [4.78, 5) is 21.4. The summed E-state index contributed by atoms with van der Waals surface area (Å²) in [6, 6.07) is 12.4. The number of hydrogen-bond donors (Lipinski definition) is 1. The highest BCUT2D eigenvalue weighted by Gasteiger charge is 2.29. The molecular weight excluding hydrogens is 340 g/mol. The van der Waals surface area contributed by atoms with Gasteiger partial charge in [-0.1, -0.05) is 30.3 Å². The van der Waals surface area contributed by atoms with E-state index in [-0.39, 0.29) is 11.9 Å². The van der Waals surface area contributed by atoms with Gasteiger partial charge in [-0.2, -0.15) is 0 Å². The molecule has 0 unspecified atom stereocenters. The molecule has 0 spiro atoms. The molecule has 1 saturated heterocycles. The second kappa shape index (κ2) is 8.06. The van der Waals surface area contributed by atoms with Crippen molar-refractivity contribution in [3.63, 3.8) is 0 Å². The van der Waals surface area contributed by atoms with Crippen molar-refractivity contribution in [1.82, 2.24) is 14.8 Å². The van der Waals surface area contributed by atoms with E-state index >= 15 is 0 Å². The van der Waals surface area contributed by atoms with E-state index < -0.39 is 0 Å². The van der Waals surface area contributed by atoms with E-state index in [4.69, 9.17) is 10.5 Å². The molecule has 6 heteroatoms. The molecule has 2 N–H and O–H groups in total. The van der Waals surface area contributed by atoms with Gasteiger partial charge in [0.2, 0.25) is 5.91 Å². The third-order valence-corrected chi connectivity index (χ3v) is 5.54. The zero-order valence-electron chi connectivity index (χ0n) is 15.5. The topological polar surface area (TPSA) is 71.7 Å². The number of aromatic nitrogens is 1. The molecular formula is C21H26N4O2. The Labute approximate surface area is 159 Å². The van der Waals surface area contributed by atoms with Gasteiger partial charge in [-0.25, -0.2) is 4.98 Å². The highest BCUT2D eigenvalue weighted by molar-refractivity contribution is 5.77. The number of carbonyl (C=O) groups excluding carboxylic acids is 1. The Balaban J connectivity index is 1.41. The predicted molar refractivity (Wildman–Crippen MR) is 104 cm³/mol. The van der Waals surface area contributed by atoms with Crippen molar-refractivity contribution >= 4 is 11.7 Å². The standard InChI is InChI=1S/C21H26N4O2/c22-21-18(6-3-8-23-21)14-24-10-11-27-15-19(24)12-20(26)25-9-7-16-4-1-2-5-17(16)13-25/h1-6,8,19H,7,9-15H2,(H2,22,23)/t19-/m1/s1. The minimum absolute atomic E-state index is 0.0722. The number of benzene rings is 1. The van der Waals surface area contributed by atoms with E-state index in [1.807, 2.05) is 23.1 Å². The Kier molecular flexibility index (Phi) is 5.36. The number of nitrogens with two attached hydrogens (primary N) is 1. The van der Waals surface area contributed by atoms with E-state index in [2.05, 4.69) is 28.1 Å². The van der Waals surface area contributed by atoms with Gasteiger partial charge in [-0.05, 0) is 23.6 Å². The Morgan fingerprint density at radius 1 is 1.19 bits per heavy atom. The molecule has 0 radical (unpaired) electrons. The number of nitrogens with zero attached hydrogens (tertiary/aromatic N) is 3. The molecule has 1 aromatic carbocycles. The Morgan fingerprint density at radius 3 is 2.89 bits per heavy atom. The lowest BCUT2D eigenvalue weighted by molar-refractivity contribution is -0.135. The van der Waals surface area contributed by atoms with Gasteiger partial charge in [-0.15, -0.1) is 0 Å². The van der Waals surface area contributed by atoms with Crippen LogP contribution < -0.4 is 5.73 Å². The molecule has 3 heterocycles. The number of hydrogen-bond acceptors (Lipinski definition) is 5. The fraction of sp³-hybridized carbons (Fsp3) is 0.429. The van der Waals surface area contributed by atoms with Gasteiger partial charge >= 0.3 is 0 Å². The van der Waals surface area contributed by atoms with Crippen LogP contribution in [0.3, 0.4) is 0 Å². The highest BCUT2D eigenvalue weighted by atomic mass is 16.5. The summed E-state index contributed by atoms with van der Waals surface area (Å²) in [6.07, 6.45) is 3.11. The summed E-state index contributed by atoms with van der Waals surface area (Å²) in [5.41, 5.74) is 9.62. The number of amides is 1. The summed E-state index contributed by atoms with van der Waals surface area (Å²) < 4.78 is 5.67. The number of rotatable bonds is 4. The highest BCUT2D eigenvalue weighted by Crippen LogP contribution is 2.22. The third-order valence-electron chi connectivity index (χ3n) is 5.54. The first-order chi connectivity index (χ1) is 13.2. The number of ether oxygens (including phenoxy) is 1. The summed E-state index contributed by atoms with van der Waals surface area (Å²) >= 11 is 0. The van der Waals surface area contributed by atoms with Crippen molar-refractivity contribution in [1.29, 1.82) is 0 Å². The van der Waals surface area contributed by atoms with E-state index in [9.17, 15) is 4.79 Å². The molecule has 1 fully saturated rings. The van der Waals surface area contributed by atoms with Crippen LogP contribution in [0, 0.1) is 0 Å². The van der Waals surface area contributed by atoms with Crippen molar-refractivity contribution in [2.45, 2.75) is 32.0 Å². The SMILES string of the molecule is Nc1ncccc1CN1CCOC[C@H]1CC(=O)N1CCc2ccccc2C1. The predicted octanol–water partition coefficient (Wildman–Crippen LogP) is 1.84. The van der Waals surface area contributed by atoms with Crippen LogP contribution in [-0.4, -0.2) is 53.0 Å². The van der Waals surface area contributed by atoms with Gasteiger partial charge in [0.1, 0.15) is 5.82 Å². The average molecular weight is 366 g/mol. The number of morpholine rings is 1. The molecule has 27 heavy (non-hydrogen) atoms. The normalized spacial score (nSPS) is 20.3. The van der Waals surface area contributed by atoms with Crippen LogP contribution in [-0.2, 0) is 29.0 Å². The minimum atomic E-state index is 0.0722. The second-order valence-electron chi connectivity index (χ2n) is 7.29. The molecule has 1 atom stereocenters. The van der Waals surface area contributed by atoms with Crippen molar-refractivity contribution in [2.75, 3.05) is 32.0 Å². The zero-order chi connectivity index (χ0) is 18.6. The third kappa shape index (κ3) is 4.12. The maximum Gasteiger partial charge on any atom is 0.224 e. The number of anilines is 1. The van der Waals surface area contributed by atoms with Crippen LogP contribution in [0.1, 0.15) is 23.1 Å². The number of carbonyl (C=O) groups is 1. The van der Waals surface area contributed by atoms with E-state index in [0.29, 0.717) is 38.5 Å². The largest absolute Gasteiger partial charge is 0.383 e. The fourth-order valence-corrected chi connectivity index (χ4v) is 3.93. The first-order valence-corrected chi connectivity index (χ1v) is 9.56. The lowest BCUT2D eigenvalue weighted by Gasteiger charge is -2.37. The maximum absolute atomic E-state index is 12.9. The number of nitrogen functional groups attached to an aromatic ring is 1. The summed E-state index contributed by atoms with van der Waals surface area (Å²) in [6.45, 7) is 4.26. The van der Waals surface area contributed by atoms with Crippen LogP contribution in [0.25, 0.3) is 0 Å². The van der Waals surface area contributed by atoms with E-state index in [1.54, 1.807) is 6.20 Å². The van der Waals surface area contributed by atoms with Crippen LogP contribution in [0.2, 0.25) is 0 Å². The first-order valence-electron chi connectivity index (χ1n) is 9.56. The van der Waals surface area contributed by atoms with Crippen molar-refractivity contribution in [3.8, 4) is 0 Å². The van der Waals surface area contributed by atoms with Crippen molar-refractivity contribution < 1.29 is 9.53 Å². The zero-order valence-corrected chi connectivity index (χ0v) is 15.5. The van der Waals surface area contributed by atoms with Crippen molar-refractivity contribution in [3.05, 3.63) is 59.3 Å². The van der Waals surface area contributed by atoms with Gasteiger partial charge in [0.05, 0.1) is 13.2 Å². The Bertz CT molecular complexity index is 810. The van der Waals surface area contributed by atoms with E-state index in [1.165, 1.54) is 11.1 Å². The molecule has 0 saturated carbocycles. The molecule has 2 aliphatic heterocycles. The fourth-order valence-electron chi connectivity index (χ4n) is 3.93. The first kappa shape index (κ1) is 17.9. The quantitative estimate of drug-likeness (QED) is 0.894. The molecule has 1 aromatic heterocycles. The van der Waals surface area contributed by atoms with Gasteiger partial charge in [-0.3, -0.25) is 9.69 Å². The lowest BCUT2D eigenvalue weighted by Crippen LogP contribution is -2.48. The molecule has 4 rings (SSSR count). The number of pyridine rings is 1. The molecule has 2 aromatic rings.